The van der Waals surface area contributed by atoms with E-state index in [0.29, 0.717) is 44.8 Å². The molecule has 1 aromatic carbocycles. The van der Waals surface area contributed by atoms with Crippen LogP contribution < -0.4 is 5.32 Å². The maximum absolute atomic E-state index is 12.5. The van der Waals surface area contributed by atoms with Gasteiger partial charge in [-0.15, -0.1) is 0 Å². The zero-order chi connectivity index (χ0) is 17.7. The Morgan fingerprint density at radius 2 is 1.84 bits per heavy atom. The third kappa shape index (κ3) is 4.28. The van der Waals surface area contributed by atoms with Crippen LogP contribution in [0.3, 0.4) is 0 Å². The Kier molecular flexibility index (Phi) is 5.52. The first kappa shape index (κ1) is 17.7. The number of hydrogen-bond acceptors (Lipinski definition) is 5. The van der Waals surface area contributed by atoms with Crippen LogP contribution in [0.5, 0.6) is 0 Å². The van der Waals surface area contributed by atoms with Gasteiger partial charge in [-0.1, -0.05) is 0 Å². The molecule has 1 saturated heterocycles. The molecule has 1 amide bonds. The van der Waals surface area contributed by atoms with Crippen LogP contribution in [-0.2, 0) is 21.2 Å². The topological polar surface area (TPSA) is 88.8 Å². The Balaban J connectivity index is 1.60. The maximum atomic E-state index is 12.5. The second-order valence-electron chi connectivity index (χ2n) is 5.63. The van der Waals surface area contributed by atoms with Crippen molar-refractivity contribution in [2.75, 3.05) is 32.8 Å². The molecule has 134 valence electrons. The zero-order valence-electron chi connectivity index (χ0n) is 13.7. The molecule has 2 heterocycles. The molecule has 0 saturated carbocycles. The molecule has 1 fully saturated rings. The predicted octanol–water partition coefficient (Wildman–Crippen LogP) is 1.27. The van der Waals surface area contributed by atoms with Crippen LogP contribution in [0.2, 0.25) is 0 Å². The number of ether oxygens (including phenoxy) is 1. The highest BCUT2D eigenvalue weighted by molar-refractivity contribution is 7.89. The lowest BCUT2D eigenvalue weighted by molar-refractivity contribution is 0.0730. The van der Waals surface area contributed by atoms with E-state index < -0.39 is 10.0 Å². The SMILES string of the molecule is O=C(NCCc1ccco1)c1ccc(S(=O)(=O)N2CCOCC2)cc1. The number of nitrogens with one attached hydrogen (secondary N) is 1. The van der Waals surface area contributed by atoms with Crippen molar-refractivity contribution in [1.29, 1.82) is 0 Å². The summed E-state index contributed by atoms with van der Waals surface area (Å²) in [6, 6.07) is 9.62. The van der Waals surface area contributed by atoms with Crippen LogP contribution in [0.4, 0.5) is 0 Å². The molecule has 1 aliphatic rings. The Hall–Kier alpha value is -2.16. The molecule has 2 aromatic rings. The average Bonchev–Trinajstić information content (AvgIpc) is 3.16. The van der Waals surface area contributed by atoms with Crippen LogP contribution >= 0.6 is 0 Å². The van der Waals surface area contributed by atoms with E-state index in [1.54, 1.807) is 12.3 Å². The second kappa shape index (κ2) is 7.81. The summed E-state index contributed by atoms with van der Waals surface area (Å²) in [5.74, 6) is 0.550. The summed E-state index contributed by atoms with van der Waals surface area (Å²) in [7, 11) is -3.54. The predicted molar refractivity (Wildman–Crippen MR) is 90.8 cm³/mol. The zero-order valence-corrected chi connectivity index (χ0v) is 14.5. The number of furan rings is 1. The van der Waals surface area contributed by atoms with Crippen LogP contribution in [0.1, 0.15) is 16.1 Å². The number of rotatable bonds is 6. The molecule has 0 spiro atoms. The first-order valence-corrected chi connectivity index (χ1v) is 9.50. The van der Waals surface area contributed by atoms with E-state index in [1.165, 1.54) is 28.6 Å². The minimum atomic E-state index is -3.54. The van der Waals surface area contributed by atoms with Gasteiger partial charge < -0.3 is 14.5 Å². The van der Waals surface area contributed by atoms with Gasteiger partial charge in [0, 0.05) is 31.6 Å². The van der Waals surface area contributed by atoms with Crippen LogP contribution in [0.15, 0.2) is 52.0 Å². The van der Waals surface area contributed by atoms with E-state index in [1.807, 2.05) is 6.07 Å². The maximum Gasteiger partial charge on any atom is 0.251 e. The van der Waals surface area contributed by atoms with Gasteiger partial charge in [-0.25, -0.2) is 8.42 Å². The lowest BCUT2D eigenvalue weighted by Crippen LogP contribution is -2.40. The fourth-order valence-electron chi connectivity index (χ4n) is 2.57. The van der Waals surface area contributed by atoms with Crippen LogP contribution in [0.25, 0.3) is 0 Å². The Morgan fingerprint density at radius 3 is 2.48 bits per heavy atom. The van der Waals surface area contributed by atoms with E-state index in [0.717, 1.165) is 5.76 Å². The quantitative estimate of drug-likeness (QED) is 0.834. The van der Waals surface area contributed by atoms with Crippen LogP contribution in [0, 0.1) is 0 Å². The van der Waals surface area contributed by atoms with E-state index in [2.05, 4.69) is 5.32 Å². The summed E-state index contributed by atoms with van der Waals surface area (Å²) in [6.45, 7) is 1.93. The highest BCUT2D eigenvalue weighted by Crippen LogP contribution is 2.17. The number of nitrogens with zero attached hydrogens (tertiary/aromatic N) is 1. The standard InChI is InChI=1S/C17H20N2O5S/c20-17(18-8-7-15-2-1-11-24-15)14-3-5-16(6-4-14)25(21,22)19-9-12-23-13-10-19/h1-6,11H,7-10,12-13H2,(H,18,20). The molecule has 25 heavy (non-hydrogen) atoms. The smallest absolute Gasteiger partial charge is 0.251 e. The van der Waals surface area contributed by atoms with Crippen molar-refractivity contribution in [2.24, 2.45) is 0 Å². The van der Waals surface area contributed by atoms with Gasteiger partial charge in [0.25, 0.3) is 5.91 Å². The van der Waals surface area contributed by atoms with Gasteiger partial charge >= 0.3 is 0 Å². The molecular formula is C17H20N2O5S. The number of sulfonamides is 1. The normalized spacial score (nSPS) is 15.8. The molecule has 0 unspecified atom stereocenters. The van der Waals surface area contributed by atoms with Crippen molar-refractivity contribution in [3.05, 3.63) is 54.0 Å². The fourth-order valence-corrected chi connectivity index (χ4v) is 3.98. The van der Waals surface area contributed by atoms with Gasteiger partial charge in [0.05, 0.1) is 24.4 Å². The van der Waals surface area contributed by atoms with E-state index in [9.17, 15) is 13.2 Å². The summed E-state index contributed by atoms with van der Waals surface area (Å²) >= 11 is 0. The minimum absolute atomic E-state index is 0.182. The highest BCUT2D eigenvalue weighted by atomic mass is 32.2. The summed E-state index contributed by atoms with van der Waals surface area (Å²) in [5, 5.41) is 2.78. The highest BCUT2D eigenvalue weighted by Gasteiger charge is 2.26. The summed E-state index contributed by atoms with van der Waals surface area (Å²) in [5.41, 5.74) is 0.417. The molecule has 1 N–H and O–H groups in total. The van der Waals surface area contributed by atoms with Crippen molar-refractivity contribution < 1.29 is 22.4 Å². The molecule has 3 rings (SSSR count). The van der Waals surface area contributed by atoms with Gasteiger partial charge in [0.2, 0.25) is 10.0 Å². The molecule has 0 aliphatic carbocycles. The van der Waals surface area contributed by atoms with Crippen LogP contribution in [-0.4, -0.2) is 51.5 Å². The lowest BCUT2D eigenvalue weighted by Gasteiger charge is -2.26. The van der Waals surface area contributed by atoms with E-state index in [-0.39, 0.29) is 10.8 Å². The average molecular weight is 364 g/mol. The van der Waals surface area contributed by atoms with Crippen molar-refractivity contribution in [3.63, 3.8) is 0 Å². The fraction of sp³-hybridized carbons (Fsp3) is 0.353. The lowest BCUT2D eigenvalue weighted by atomic mass is 10.2. The number of morpholine rings is 1. The van der Waals surface area contributed by atoms with Gasteiger partial charge in [-0.3, -0.25) is 4.79 Å². The van der Waals surface area contributed by atoms with Crippen molar-refractivity contribution in [1.82, 2.24) is 9.62 Å². The summed E-state index contributed by atoms with van der Waals surface area (Å²) in [4.78, 5) is 12.3. The monoisotopic (exact) mass is 364 g/mol. The number of carbonyl (C=O) groups is 1. The van der Waals surface area contributed by atoms with Crippen molar-refractivity contribution in [2.45, 2.75) is 11.3 Å². The van der Waals surface area contributed by atoms with Gasteiger partial charge in [0.15, 0.2) is 0 Å². The molecule has 7 nitrogen and oxygen atoms in total. The number of amides is 1. The molecule has 0 atom stereocenters. The Labute approximate surface area is 146 Å². The van der Waals surface area contributed by atoms with Crippen molar-refractivity contribution >= 4 is 15.9 Å². The molecule has 0 bridgehead atoms. The molecular weight excluding hydrogens is 344 g/mol. The van der Waals surface area contributed by atoms with Gasteiger partial charge in [-0.2, -0.15) is 4.31 Å². The minimum Gasteiger partial charge on any atom is -0.469 e. The largest absolute Gasteiger partial charge is 0.469 e. The Bertz CT molecular complexity index is 794. The molecule has 0 radical (unpaired) electrons. The third-order valence-corrected chi connectivity index (χ3v) is 5.87. The first-order valence-electron chi connectivity index (χ1n) is 8.06. The van der Waals surface area contributed by atoms with Gasteiger partial charge in [-0.05, 0) is 36.4 Å². The number of carbonyl (C=O) groups excluding carboxylic acids is 1. The molecule has 1 aliphatic heterocycles. The third-order valence-electron chi connectivity index (χ3n) is 3.96. The van der Waals surface area contributed by atoms with E-state index >= 15 is 0 Å². The summed E-state index contributed by atoms with van der Waals surface area (Å²) in [6.07, 6.45) is 2.19. The van der Waals surface area contributed by atoms with Crippen molar-refractivity contribution in [3.8, 4) is 0 Å². The number of benzene rings is 1. The van der Waals surface area contributed by atoms with E-state index in [4.69, 9.17) is 9.15 Å². The molecule has 1 aromatic heterocycles. The summed E-state index contributed by atoms with van der Waals surface area (Å²) < 4.78 is 36.8. The molecule has 8 heteroatoms. The first-order chi connectivity index (χ1) is 12.1. The number of hydrogen-bond donors (Lipinski definition) is 1. The second-order valence-corrected chi connectivity index (χ2v) is 7.56. The Morgan fingerprint density at radius 1 is 1.12 bits per heavy atom. The van der Waals surface area contributed by atoms with Gasteiger partial charge in [0.1, 0.15) is 5.76 Å².